The Morgan fingerprint density at radius 2 is 1.33 bits per heavy atom. The van der Waals surface area contributed by atoms with Crippen molar-refractivity contribution < 1.29 is 23.9 Å². The highest BCUT2D eigenvalue weighted by Gasteiger charge is 2.22. The molecule has 0 aromatic heterocycles. The molecule has 5 heteroatoms. The Morgan fingerprint density at radius 1 is 0.833 bits per heavy atom. The number of carboxylic acid groups (broad SMARTS) is 1. The van der Waals surface area contributed by atoms with Crippen molar-refractivity contribution in [3.8, 4) is 0 Å². The van der Waals surface area contributed by atoms with Gasteiger partial charge in [0.05, 0.1) is 21.1 Å². The first-order valence-electron chi connectivity index (χ1n) is 12.3. The van der Waals surface area contributed by atoms with Gasteiger partial charge in [-0.3, -0.25) is 4.79 Å². The number of carbonyl (C=O) groups excluding carboxylic acids is 2. The second-order valence-electron chi connectivity index (χ2n) is 10.1. The number of carboxylic acids is 1. The third-order valence-electron chi connectivity index (χ3n) is 5.57. The quantitative estimate of drug-likeness (QED) is 0.158. The third kappa shape index (κ3) is 20.2. The maximum absolute atomic E-state index is 12.0. The molecular formula is C25H49NO4. The summed E-state index contributed by atoms with van der Waals surface area (Å²) in [7, 11) is 5.85. The first-order valence-corrected chi connectivity index (χ1v) is 12.3. The largest absolute Gasteiger partial charge is 0.550 e. The Bertz CT molecular complexity index is 445. The number of nitrogens with zero attached hydrogens (tertiary/aromatic N) is 1. The Labute approximate surface area is 186 Å². The van der Waals surface area contributed by atoms with E-state index in [0.29, 0.717) is 17.4 Å². The minimum Gasteiger partial charge on any atom is -0.550 e. The molecule has 0 amide bonds. The van der Waals surface area contributed by atoms with E-state index in [-0.39, 0.29) is 12.4 Å². The zero-order chi connectivity index (χ0) is 22.8. The van der Waals surface area contributed by atoms with E-state index in [2.05, 4.69) is 13.8 Å². The molecule has 0 aromatic rings. The number of aliphatic carboxylic acids is 1. The van der Waals surface area contributed by atoms with E-state index >= 15 is 0 Å². The number of esters is 1. The molecule has 0 bridgehead atoms. The molecule has 0 spiro atoms. The predicted octanol–water partition coefficient (Wildman–Crippen LogP) is 4.86. The van der Waals surface area contributed by atoms with Crippen LogP contribution in [0.25, 0.3) is 0 Å². The van der Waals surface area contributed by atoms with Gasteiger partial charge in [0.1, 0.15) is 6.54 Å². The fourth-order valence-corrected chi connectivity index (χ4v) is 3.90. The molecule has 0 fully saturated rings. The van der Waals surface area contributed by atoms with Gasteiger partial charge in [-0.1, -0.05) is 90.9 Å². The molecule has 0 rings (SSSR count). The van der Waals surface area contributed by atoms with Crippen molar-refractivity contribution in [1.82, 2.24) is 0 Å². The van der Waals surface area contributed by atoms with Gasteiger partial charge in [-0.15, -0.1) is 0 Å². The molecule has 178 valence electrons. The minimum atomic E-state index is -1.17. The lowest BCUT2D eigenvalue weighted by Gasteiger charge is -2.29. The van der Waals surface area contributed by atoms with Gasteiger partial charge >= 0.3 is 5.97 Å². The van der Waals surface area contributed by atoms with E-state index in [1.807, 2.05) is 21.1 Å². The lowest BCUT2D eigenvalue weighted by Crippen LogP contribution is -2.45. The summed E-state index contributed by atoms with van der Waals surface area (Å²) in [6, 6.07) is 0. The molecule has 0 saturated heterocycles. The van der Waals surface area contributed by atoms with Gasteiger partial charge in [0, 0.05) is 18.8 Å². The Balaban J connectivity index is 3.68. The third-order valence-corrected chi connectivity index (χ3v) is 5.57. The van der Waals surface area contributed by atoms with Crippen molar-refractivity contribution in [2.24, 2.45) is 5.92 Å². The smallest absolute Gasteiger partial charge is 0.306 e. The number of hydrogen-bond donors (Lipinski definition) is 0. The van der Waals surface area contributed by atoms with E-state index in [1.54, 1.807) is 0 Å². The van der Waals surface area contributed by atoms with E-state index in [0.717, 1.165) is 25.2 Å². The van der Waals surface area contributed by atoms with Gasteiger partial charge in [-0.05, 0) is 12.3 Å². The van der Waals surface area contributed by atoms with Gasteiger partial charge in [-0.2, -0.15) is 0 Å². The summed E-state index contributed by atoms with van der Waals surface area (Å²) in [5, 5.41) is 10.9. The van der Waals surface area contributed by atoms with Crippen LogP contribution in [0.5, 0.6) is 0 Å². The van der Waals surface area contributed by atoms with Crippen LogP contribution in [-0.2, 0) is 14.3 Å². The highest BCUT2D eigenvalue weighted by atomic mass is 16.5. The lowest BCUT2D eigenvalue weighted by atomic mass is 9.96. The molecule has 0 aromatic carbocycles. The van der Waals surface area contributed by atoms with Gasteiger partial charge in [0.2, 0.25) is 0 Å². The molecule has 30 heavy (non-hydrogen) atoms. The zero-order valence-corrected chi connectivity index (χ0v) is 20.5. The van der Waals surface area contributed by atoms with Crippen LogP contribution in [0.4, 0.5) is 0 Å². The van der Waals surface area contributed by atoms with Crippen molar-refractivity contribution >= 4 is 11.9 Å². The summed E-state index contributed by atoms with van der Waals surface area (Å²) in [6.07, 6.45) is 15.9. The minimum absolute atomic E-state index is 0.237. The summed E-state index contributed by atoms with van der Waals surface area (Å²) in [4.78, 5) is 22.9. The Kier molecular flexibility index (Phi) is 16.9. The number of likely N-dealkylation sites (N-methyl/N-ethyl adjacent to an activating group) is 1. The van der Waals surface area contributed by atoms with Crippen LogP contribution >= 0.6 is 0 Å². The van der Waals surface area contributed by atoms with Crippen molar-refractivity contribution in [2.45, 2.75) is 116 Å². The van der Waals surface area contributed by atoms with Crippen molar-refractivity contribution in [3.63, 3.8) is 0 Å². The van der Waals surface area contributed by atoms with E-state index in [9.17, 15) is 14.7 Å². The average Bonchev–Trinajstić information content (AvgIpc) is 2.61. The molecule has 0 radical (unpaired) electrons. The van der Waals surface area contributed by atoms with Gasteiger partial charge < -0.3 is 19.1 Å². The highest BCUT2D eigenvalue weighted by molar-refractivity contribution is 5.70. The molecule has 0 aliphatic carbocycles. The molecule has 0 aliphatic heterocycles. The summed E-state index contributed by atoms with van der Waals surface area (Å²) in [5.41, 5.74) is 0. The van der Waals surface area contributed by atoms with Gasteiger partial charge in [0.15, 0.2) is 6.10 Å². The van der Waals surface area contributed by atoms with Crippen LogP contribution in [0.2, 0.25) is 0 Å². The average molecular weight is 428 g/mol. The van der Waals surface area contributed by atoms with Crippen LogP contribution in [0.15, 0.2) is 0 Å². The molecular weight excluding hydrogens is 378 g/mol. The van der Waals surface area contributed by atoms with Crippen molar-refractivity contribution in [2.75, 3.05) is 27.7 Å². The molecule has 0 saturated carbocycles. The van der Waals surface area contributed by atoms with E-state index < -0.39 is 12.1 Å². The summed E-state index contributed by atoms with van der Waals surface area (Å²) in [5.74, 6) is -0.597. The number of ether oxygens (including phenoxy) is 1. The summed E-state index contributed by atoms with van der Waals surface area (Å²) in [6.45, 7) is 5.12. The number of carbonyl (C=O) groups is 2. The van der Waals surface area contributed by atoms with Gasteiger partial charge in [-0.25, -0.2) is 0 Å². The standard InChI is InChI=1S/C25H49NO4/c1-6-7-8-14-17-22(2)18-15-12-10-9-11-13-16-19-25(29)30-23(20-24(27)28)21-26(3,4)5/h22-23H,6-21H2,1-5H3. The molecule has 5 nitrogen and oxygen atoms in total. The number of hydrogen-bond acceptors (Lipinski definition) is 4. The molecule has 2 atom stereocenters. The number of rotatable bonds is 20. The zero-order valence-electron chi connectivity index (χ0n) is 20.5. The second-order valence-corrected chi connectivity index (χ2v) is 10.1. The Hall–Kier alpha value is -1.10. The normalized spacial score (nSPS) is 13.8. The molecule has 0 heterocycles. The topological polar surface area (TPSA) is 66.4 Å². The van der Waals surface area contributed by atoms with Crippen LogP contribution in [0.1, 0.15) is 110 Å². The highest BCUT2D eigenvalue weighted by Crippen LogP contribution is 2.18. The van der Waals surface area contributed by atoms with Crippen LogP contribution < -0.4 is 5.11 Å². The molecule has 0 N–H and O–H groups in total. The van der Waals surface area contributed by atoms with Crippen LogP contribution in [0.3, 0.4) is 0 Å². The van der Waals surface area contributed by atoms with Crippen LogP contribution in [-0.4, -0.2) is 50.2 Å². The number of unbranched alkanes of at least 4 members (excludes halogenated alkanes) is 9. The SMILES string of the molecule is CCCCCCC(C)CCCCCCCCCC(=O)OC(CC(=O)[O-])C[N+](C)(C)C. The maximum atomic E-state index is 12.0. The molecule has 0 aliphatic rings. The lowest BCUT2D eigenvalue weighted by molar-refractivity contribution is -0.873. The molecule has 2 unspecified atom stereocenters. The summed E-state index contributed by atoms with van der Waals surface area (Å²) >= 11 is 0. The van der Waals surface area contributed by atoms with Crippen molar-refractivity contribution in [1.29, 1.82) is 0 Å². The monoisotopic (exact) mass is 427 g/mol. The predicted molar refractivity (Wildman–Crippen MR) is 122 cm³/mol. The maximum Gasteiger partial charge on any atom is 0.306 e. The van der Waals surface area contributed by atoms with E-state index in [1.165, 1.54) is 64.2 Å². The van der Waals surface area contributed by atoms with E-state index in [4.69, 9.17) is 4.74 Å². The fourth-order valence-electron chi connectivity index (χ4n) is 3.90. The fraction of sp³-hybridized carbons (Fsp3) is 0.920. The van der Waals surface area contributed by atoms with Crippen LogP contribution in [0, 0.1) is 5.92 Å². The first-order chi connectivity index (χ1) is 14.1. The van der Waals surface area contributed by atoms with Gasteiger partial charge in [0.25, 0.3) is 0 Å². The number of quaternary nitrogens is 1. The first kappa shape index (κ1) is 28.9. The Morgan fingerprint density at radius 3 is 1.83 bits per heavy atom. The summed E-state index contributed by atoms with van der Waals surface area (Å²) < 4.78 is 5.93. The van der Waals surface area contributed by atoms with Crippen molar-refractivity contribution in [3.05, 3.63) is 0 Å². The second kappa shape index (κ2) is 17.6.